The lowest BCUT2D eigenvalue weighted by Crippen LogP contribution is -2.61. The lowest BCUT2D eigenvalue weighted by Gasteiger charge is -2.44. The number of β-lactam (4-membered cyclic amide) rings is 1. The van der Waals surface area contributed by atoms with Crippen molar-refractivity contribution in [3.8, 4) is 0 Å². The number of carbonyl (C=O) groups excluding carboxylic acids is 1. The van der Waals surface area contributed by atoms with Crippen LogP contribution in [0.2, 0.25) is 0 Å². The molecule has 1 aromatic carbocycles. The van der Waals surface area contributed by atoms with Gasteiger partial charge in [-0.15, -0.1) is 11.3 Å². The zero-order valence-electron chi connectivity index (χ0n) is 13.2. The van der Waals surface area contributed by atoms with E-state index >= 15 is 0 Å². The Bertz CT molecular complexity index is 937. The number of amides is 1. The quantitative estimate of drug-likeness (QED) is 0.550. The van der Waals surface area contributed by atoms with Crippen LogP contribution >= 0.6 is 23.1 Å². The van der Waals surface area contributed by atoms with Crippen LogP contribution in [0.5, 0.6) is 0 Å². The summed E-state index contributed by atoms with van der Waals surface area (Å²) >= 11 is 2.70. The standard InChI is InChI=1S/C16H15N3O4S2/c1-6(20)11-8-5-10(13(15(22)23)19(8)14(11)21)25-16-18-12-7(17)3-2-4-9(12)24-16/h2-4,6,8,11,20H,5,17H2,1H3,(H,22,23)/t6-,8-,11-/m1/s1. The molecule has 1 fully saturated rings. The molecule has 1 amide bonds. The molecule has 4 N–H and O–H groups in total. The number of hydrogen-bond acceptors (Lipinski definition) is 7. The van der Waals surface area contributed by atoms with Gasteiger partial charge < -0.3 is 20.8 Å². The summed E-state index contributed by atoms with van der Waals surface area (Å²) in [6.07, 6.45) is -0.380. The van der Waals surface area contributed by atoms with E-state index in [1.807, 2.05) is 12.1 Å². The van der Waals surface area contributed by atoms with Gasteiger partial charge >= 0.3 is 5.97 Å². The first-order valence-corrected chi connectivity index (χ1v) is 9.32. The van der Waals surface area contributed by atoms with Gasteiger partial charge in [0.15, 0.2) is 4.34 Å². The predicted octanol–water partition coefficient (Wildman–Crippen LogP) is 1.88. The fourth-order valence-corrected chi connectivity index (χ4v) is 5.77. The van der Waals surface area contributed by atoms with Gasteiger partial charge in [0.2, 0.25) is 5.91 Å². The van der Waals surface area contributed by atoms with Crippen molar-refractivity contribution in [2.45, 2.75) is 29.8 Å². The van der Waals surface area contributed by atoms with E-state index in [0.717, 1.165) is 4.70 Å². The smallest absolute Gasteiger partial charge is 0.353 e. The van der Waals surface area contributed by atoms with Gasteiger partial charge in [-0.2, -0.15) is 0 Å². The van der Waals surface area contributed by atoms with Crippen molar-refractivity contribution in [3.63, 3.8) is 0 Å². The molecule has 4 rings (SSSR count). The highest BCUT2D eigenvalue weighted by Gasteiger charge is 2.56. The monoisotopic (exact) mass is 377 g/mol. The van der Waals surface area contributed by atoms with E-state index in [-0.39, 0.29) is 17.6 Å². The largest absolute Gasteiger partial charge is 0.477 e. The van der Waals surface area contributed by atoms with Crippen LogP contribution in [-0.2, 0) is 9.59 Å². The molecule has 2 aliphatic rings. The molecule has 2 aromatic rings. The molecule has 0 saturated carbocycles. The lowest BCUT2D eigenvalue weighted by molar-refractivity contribution is -0.161. The summed E-state index contributed by atoms with van der Waals surface area (Å²) in [4.78, 5) is 30.3. The third kappa shape index (κ3) is 2.42. The molecule has 3 heterocycles. The molecule has 25 heavy (non-hydrogen) atoms. The number of rotatable bonds is 4. The molecule has 2 aliphatic heterocycles. The van der Waals surface area contributed by atoms with Crippen LogP contribution in [-0.4, -0.2) is 44.1 Å². The Morgan fingerprint density at radius 1 is 1.52 bits per heavy atom. The first-order valence-electron chi connectivity index (χ1n) is 7.69. The summed E-state index contributed by atoms with van der Waals surface area (Å²) in [5, 5.41) is 19.3. The number of benzene rings is 1. The third-order valence-corrected chi connectivity index (χ3v) is 6.72. The van der Waals surface area contributed by atoms with E-state index in [1.165, 1.54) is 28.0 Å². The Labute approximate surface area is 151 Å². The number of hydrogen-bond donors (Lipinski definition) is 3. The molecule has 3 atom stereocenters. The molecular weight excluding hydrogens is 362 g/mol. The van der Waals surface area contributed by atoms with Gasteiger partial charge in [-0.05, 0) is 19.1 Å². The summed E-state index contributed by atoms with van der Waals surface area (Å²) in [5.74, 6) is -2.01. The van der Waals surface area contributed by atoms with E-state index in [9.17, 15) is 19.8 Å². The van der Waals surface area contributed by atoms with Crippen LogP contribution in [0.4, 0.5) is 5.69 Å². The number of anilines is 1. The van der Waals surface area contributed by atoms with Crippen molar-refractivity contribution in [1.29, 1.82) is 0 Å². The molecule has 0 radical (unpaired) electrons. The van der Waals surface area contributed by atoms with Crippen LogP contribution in [0.15, 0.2) is 33.1 Å². The van der Waals surface area contributed by atoms with Gasteiger partial charge in [-0.3, -0.25) is 4.79 Å². The topological polar surface area (TPSA) is 117 Å². The lowest BCUT2D eigenvalue weighted by atomic mass is 9.83. The number of aliphatic carboxylic acids is 1. The summed E-state index contributed by atoms with van der Waals surface area (Å²) in [6, 6.07) is 5.24. The molecule has 130 valence electrons. The molecule has 0 unspecified atom stereocenters. The maximum absolute atomic E-state index is 12.2. The number of fused-ring (bicyclic) bond motifs is 2. The summed E-state index contributed by atoms with van der Waals surface area (Å²) in [6.45, 7) is 1.56. The van der Waals surface area contributed by atoms with Gasteiger partial charge in [0.25, 0.3) is 0 Å². The van der Waals surface area contributed by atoms with Crippen molar-refractivity contribution < 1.29 is 19.8 Å². The molecule has 0 spiro atoms. The Balaban J connectivity index is 1.68. The highest BCUT2D eigenvalue weighted by atomic mass is 32.2. The normalized spacial score (nSPS) is 23.8. The first kappa shape index (κ1) is 16.4. The molecule has 1 aromatic heterocycles. The molecule has 7 nitrogen and oxygen atoms in total. The van der Waals surface area contributed by atoms with Gasteiger partial charge in [0, 0.05) is 11.3 Å². The second-order valence-electron chi connectivity index (χ2n) is 6.10. The van der Waals surface area contributed by atoms with Gasteiger partial charge in [-0.1, -0.05) is 17.8 Å². The maximum atomic E-state index is 12.2. The average molecular weight is 377 g/mol. The van der Waals surface area contributed by atoms with Crippen LogP contribution in [0.3, 0.4) is 0 Å². The minimum atomic E-state index is -1.14. The number of thiazole rings is 1. The van der Waals surface area contributed by atoms with E-state index < -0.39 is 18.0 Å². The number of nitrogens with two attached hydrogens (primary N) is 1. The Hall–Kier alpha value is -2.10. The van der Waals surface area contributed by atoms with Gasteiger partial charge in [-0.25, -0.2) is 9.78 Å². The second kappa shape index (κ2) is 5.72. The summed E-state index contributed by atoms with van der Waals surface area (Å²) in [7, 11) is 0. The number of aliphatic hydroxyl groups is 1. The van der Waals surface area contributed by atoms with E-state index in [1.54, 1.807) is 13.0 Å². The molecular formula is C16H15N3O4S2. The number of para-hydroxylation sites is 1. The number of aliphatic hydroxyl groups excluding tert-OH is 1. The minimum Gasteiger partial charge on any atom is -0.477 e. The highest BCUT2D eigenvalue weighted by molar-refractivity contribution is 8.04. The van der Waals surface area contributed by atoms with Gasteiger partial charge in [0.1, 0.15) is 11.2 Å². The molecule has 1 saturated heterocycles. The number of thioether (sulfide) groups is 1. The summed E-state index contributed by atoms with van der Waals surface area (Å²) in [5.41, 5.74) is 7.21. The van der Waals surface area contributed by atoms with Crippen molar-refractivity contribution in [1.82, 2.24) is 9.88 Å². The fraction of sp³-hybridized carbons (Fsp3) is 0.312. The Morgan fingerprint density at radius 3 is 2.92 bits per heavy atom. The van der Waals surface area contributed by atoms with Crippen molar-refractivity contribution in [2.75, 3.05) is 5.73 Å². The van der Waals surface area contributed by atoms with Crippen molar-refractivity contribution in [3.05, 3.63) is 28.8 Å². The third-order valence-electron chi connectivity index (χ3n) is 4.53. The zero-order valence-corrected chi connectivity index (χ0v) is 14.8. The first-order chi connectivity index (χ1) is 11.9. The van der Waals surface area contributed by atoms with E-state index in [0.29, 0.717) is 26.9 Å². The van der Waals surface area contributed by atoms with Gasteiger partial charge in [0.05, 0.1) is 28.5 Å². The predicted molar refractivity (Wildman–Crippen MR) is 95.0 cm³/mol. The molecule has 0 bridgehead atoms. The minimum absolute atomic E-state index is 0.00382. The number of nitrogen functional groups attached to an aromatic ring is 1. The highest BCUT2D eigenvalue weighted by Crippen LogP contribution is 2.49. The van der Waals surface area contributed by atoms with E-state index in [2.05, 4.69) is 4.98 Å². The fourth-order valence-electron chi connectivity index (χ4n) is 3.42. The number of carbonyl (C=O) groups is 2. The van der Waals surface area contributed by atoms with Crippen LogP contribution in [0, 0.1) is 5.92 Å². The number of carboxylic acids is 1. The maximum Gasteiger partial charge on any atom is 0.353 e. The number of carboxylic acid groups (broad SMARTS) is 1. The summed E-state index contributed by atoms with van der Waals surface area (Å²) < 4.78 is 1.62. The molecule has 9 heteroatoms. The number of aromatic nitrogens is 1. The van der Waals surface area contributed by atoms with Crippen LogP contribution in [0.25, 0.3) is 10.2 Å². The molecule has 0 aliphatic carbocycles. The van der Waals surface area contributed by atoms with E-state index in [4.69, 9.17) is 5.73 Å². The average Bonchev–Trinajstić information content (AvgIpc) is 3.07. The second-order valence-corrected chi connectivity index (χ2v) is 8.47. The van der Waals surface area contributed by atoms with Crippen molar-refractivity contribution in [2.24, 2.45) is 5.92 Å². The zero-order chi connectivity index (χ0) is 17.9. The van der Waals surface area contributed by atoms with Crippen LogP contribution < -0.4 is 5.73 Å². The van der Waals surface area contributed by atoms with Crippen LogP contribution in [0.1, 0.15) is 13.3 Å². The van der Waals surface area contributed by atoms with Crippen molar-refractivity contribution >= 4 is 50.9 Å². The SMILES string of the molecule is C[C@@H](O)[C@H]1C(=O)N2C(C(=O)O)=C(Sc3nc4c(N)cccc4s3)C[C@H]12. The number of nitrogens with zero attached hydrogens (tertiary/aromatic N) is 2. The Kier molecular flexibility index (Phi) is 3.75. The Morgan fingerprint density at radius 2 is 2.28 bits per heavy atom.